The Hall–Kier alpha value is -1.80. The maximum atomic E-state index is 11.9. The standard InChI is InChI=1S/C15H20N4O3S/c1-9-11(17-10(2)23-9)8-14(20)16-6-5-13-18-15(22-19-13)12-4-3-7-21-12/h12H,3-8H2,1-2H3,(H,16,20)/t12-/m1/s1. The van der Waals surface area contributed by atoms with Crippen molar-refractivity contribution in [1.29, 1.82) is 0 Å². The van der Waals surface area contributed by atoms with Gasteiger partial charge in [-0.3, -0.25) is 4.79 Å². The number of carbonyl (C=O) groups excluding carboxylic acids is 1. The van der Waals surface area contributed by atoms with E-state index in [4.69, 9.17) is 9.26 Å². The second-order valence-electron chi connectivity index (χ2n) is 5.56. The minimum atomic E-state index is -0.0679. The third-order valence-corrected chi connectivity index (χ3v) is 4.62. The lowest BCUT2D eigenvalue weighted by molar-refractivity contribution is -0.120. The van der Waals surface area contributed by atoms with E-state index >= 15 is 0 Å². The normalized spacial score (nSPS) is 17.6. The van der Waals surface area contributed by atoms with E-state index in [1.54, 1.807) is 11.3 Å². The summed E-state index contributed by atoms with van der Waals surface area (Å²) in [6.07, 6.45) is 2.72. The first-order valence-electron chi connectivity index (χ1n) is 7.75. The zero-order valence-electron chi connectivity index (χ0n) is 13.3. The number of carbonyl (C=O) groups is 1. The predicted octanol–water partition coefficient (Wildman–Crippen LogP) is 1.90. The first kappa shape index (κ1) is 16.1. The average Bonchev–Trinajstić information content (AvgIpc) is 3.21. The molecule has 1 aliphatic rings. The van der Waals surface area contributed by atoms with Gasteiger partial charge in [-0.05, 0) is 26.7 Å². The summed E-state index contributed by atoms with van der Waals surface area (Å²) >= 11 is 1.61. The molecule has 0 unspecified atom stereocenters. The molecule has 23 heavy (non-hydrogen) atoms. The van der Waals surface area contributed by atoms with Crippen LogP contribution in [0.5, 0.6) is 0 Å². The Bertz CT molecular complexity index is 676. The van der Waals surface area contributed by atoms with Gasteiger partial charge in [-0.15, -0.1) is 11.3 Å². The first-order valence-corrected chi connectivity index (χ1v) is 8.57. The van der Waals surface area contributed by atoms with E-state index in [-0.39, 0.29) is 12.0 Å². The quantitative estimate of drug-likeness (QED) is 0.866. The fourth-order valence-corrected chi connectivity index (χ4v) is 3.37. The van der Waals surface area contributed by atoms with Crippen LogP contribution in [0, 0.1) is 13.8 Å². The molecule has 0 radical (unpaired) electrons. The lowest BCUT2D eigenvalue weighted by Gasteiger charge is -2.02. The minimum absolute atomic E-state index is 0.0405. The van der Waals surface area contributed by atoms with Crippen molar-refractivity contribution < 1.29 is 14.1 Å². The van der Waals surface area contributed by atoms with E-state index in [1.807, 2.05) is 13.8 Å². The van der Waals surface area contributed by atoms with Gasteiger partial charge in [0, 0.05) is 24.4 Å². The Labute approximate surface area is 138 Å². The molecular weight excluding hydrogens is 316 g/mol. The summed E-state index contributed by atoms with van der Waals surface area (Å²) in [4.78, 5) is 21.7. The molecule has 1 N–H and O–H groups in total. The van der Waals surface area contributed by atoms with Gasteiger partial charge in [0.25, 0.3) is 5.89 Å². The summed E-state index contributed by atoms with van der Waals surface area (Å²) in [5.41, 5.74) is 0.852. The molecular formula is C15H20N4O3S. The van der Waals surface area contributed by atoms with Crippen LogP contribution in [0.4, 0.5) is 0 Å². The molecule has 0 saturated carbocycles. The number of ether oxygens (including phenoxy) is 1. The molecule has 124 valence electrons. The van der Waals surface area contributed by atoms with Crippen LogP contribution in [-0.4, -0.2) is 34.2 Å². The zero-order valence-corrected chi connectivity index (χ0v) is 14.1. The van der Waals surface area contributed by atoms with Crippen LogP contribution in [-0.2, 0) is 22.4 Å². The largest absolute Gasteiger partial charge is 0.368 e. The summed E-state index contributed by atoms with van der Waals surface area (Å²) in [6, 6.07) is 0. The molecule has 3 heterocycles. The monoisotopic (exact) mass is 336 g/mol. The molecule has 0 spiro atoms. The fraction of sp³-hybridized carbons (Fsp3) is 0.600. The lowest BCUT2D eigenvalue weighted by atomic mass is 10.2. The van der Waals surface area contributed by atoms with Gasteiger partial charge in [0.1, 0.15) is 6.10 Å². The van der Waals surface area contributed by atoms with E-state index in [9.17, 15) is 4.79 Å². The van der Waals surface area contributed by atoms with Crippen LogP contribution in [0.3, 0.4) is 0 Å². The number of aromatic nitrogens is 3. The Morgan fingerprint density at radius 2 is 2.26 bits per heavy atom. The highest BCUT2D eigenvalue weighted by molar-refractivity contribution is 7.11. The van der Waals surface area contributed by atoms with Crippen LogP contribution in [0.2, 0.25) is 0 Å². The molecule has 2 aromatic heterocycles. The summed E-state index contributed by atoms with van der Waals surface area (Å²) < 4.78 is 10.7. The van der Waals surface area contributed by atoms with Crippen molar-refractivity contribution >= 4 is 17.2 Å². The van der Waals surface area contributed by atoms with Gasteiger partial charge in [-0.2, -0.15) is 4.98 Å². The molecule has 1 fully saturated rings. The Morgan fingerprint density at radius 3 is 2.96 bits per heavy atom. The van der Waals surface area contributed by atoms with Gasteiger partial charge in [0.2, 0.25) is 5.91 Å². The van der Waals surface area contributed by atoms with Gasteiger partial charge in [0.05, 0.1) is 17.1 Å². The second-order valence-corrected chi connectivity index (χ2v) is 6.97. The highest BCUT2D eigenvalue weighted by Gasteiger charge is 2.23. The van der Waals surface area contributed by atoms with Crippen LogP contribution >= 0.6 is 11.3 Å². The van der Waals surface area contributed by atoms with Gasteiger partial charge < -0.3 is 14.6 Å². The molecule has 1 saturated heterocycles. The third-order valence-electron chi connectivity index (χ3n) is 3.69. The van der Waals surface area contributed by atoms with E-state index in [2.05, 4.69) is 20.4 Å². The molecule has 0 aliphatic carbocycles. The highest BCUT2D eigenvalue weighted by Crippen LogP contribution is 2.26. The van der Waals surface area contributed by atoms with E-state index < -0.39 is 0 Å². The number of rotatable bonds is 6. The first-order chi connectivity index (χ1) is 11.1. The Morgan fingerprint density at radius 1 is 1.39 bits per heavy atom. The minimum Gasteiger partial charge on any atom is -0.368 e. The zero-order chi connectivity index (χ0) is 16.2. The molecule has 7 nitrogen and oxygen atoms in total. The lowest BCUT2D eigenvalue weighted by Crippen LogP contribution is -2.27. The van der Waals surface area contributed by atoms with Crippen molar-refractivity contribution in [2.24, 2.45) is 0 Å². The van der Waals surface area contributed by atoms with Crippen LogP contribution in [0.1, 0.15) is 46.2 Å². The van der Waals surface area contributed by atoms with E-state index in [0.717, 1.165) is 35.0 Å². The maximum Gasteiger partial charge on any atom is 0.255 e. The Kier molecular flexibility index (Phi) is 5.02. The van der Waals surface area contributed by atoms with Crippen molar-refractivity contribution in [1.82, 2.24) is 20.4 Å². The molecule has 1 atom stereocenters. The number of aryl methyl sites for hydroxylation is 2. The van der Waals surface area contributed by atoms with Gasteiger partial charge in [-0.25, -0.2) is 4.98 Å². The van der Waals surface area contributed by atoms with Crippen LogP contribution in [0.25, 0.3) is 0 Å². The molecule has 0 bridgehead atoms. The highest BCUT2D eigenvalue weighted by atomic mass is 32.1. The van der Waals surface area contributed by atoms with Gasteiger partial charge in [-0.1, -0.05) is 5.16 Å². The maximum absolute atomic E-state index is 11.9. The predicted molar refractivity (Wildman–Crippen MR) is 84.2 cm³/mol. The van der Waals surface area contributed by atoms with Crippen LogP contribution < -0.4 is 5.32 Å². The second kappa shape index (κ2) is 7.18. The smallest absolute Gasteiger partial charge is 0.255 e. The molecule has 2 aromatic rings. The van der Waals surface area contributed by atoms with Gasteiger partial charge >= 0.3 is 0 Å². The van der Waals surface area contributed by atoms with Crippen molar-refractivity contribution in [3.05, 3.63) is 27.3 Å². The van der Waals surface area contributed by atoms with Crippen molar-refractivity contribution in [3.8, 4) is 0 Å². The number of nitrogens with zero attached hydrogens (tertiary/aromatic N) is 3. The number of nitrogens with one attached hydrogen (secondary N) is 1. The van der Waals surface area contributed by atoms with E-state index in [0.29, 0.717) is 31.1 Å². The number of amides is 1. The van der Waals surface area contributed by atoms with E-state index in [1.165, 1.54) is 0 Å². The summed E-state index contributed by atoms with van der Waals surface area (Å²) in [6.45, 7) is 5.15. The fourth-order valence-electron chi connectivity index (χ4n) is 2.54. The van der Waals surface area contributed by atoms with Crippen molar-refractivity contribution in [2.75, 3.05) is 13.2 Å². The molecule has 0 aromatic carbocycles. The van der Waals surface area contributed by atoms with Crippen LogP contribution in [0.15, 0.2) is 4.52 Å². The molecule has 1 amide bonds. The number of thiazole rings is 1. The summed E-state index contributed by atoms with van der Waals surface area (Å²) in [7, 11) is 0. The molecule has 3 rings (SSSR count). The SMILES string of the molecule is Cc1nc(CC(=O)NCCc2noc([C@H]3CCCO3)n2)c(C)s1. The molecule has 1 aliphatic heterocycles. The van der Waals surface area contributed by atoms with Crippen molar-refractivity contribution in [2.45, 2.75) is 45.6 Å². The summed E-state index contributed by atoms with van der Waals surface area (Å²) in [5, 5.41) is 7.78. The molecule has 8 heteroatoms. The number of hydrogen-bond acceptors (Lipinski definition) is 7. The average molecular weight is 336 g/mol. The van der Waals surface area contributed by atoms with Crippen molar-refractivity contribution in [3.63, 3.8) is 0 Å². The van der Waals surface area contributed by atoms with Gasteiger partial charge in [0.15, 0.2) is 5.82 Å². The Balaban J connectivity index is 1.44. The topological polar surface area (TPSA) is 90.1 Å². The third kappa shape index (κ3) is 4.14. The summed E-state index contributed by atoms with van der Waals surface area (Å²) in [5.74, 6) is 1.09. The number of hydrogen-bond donors (Lipinski definition) is 1.